The van der Waals surface area contributed by atoms with Gasteiger partial charge in [0.25, 0.3) is 17.4 Å². The van der Waals surface area contributed by atoms with Gasteiger partial charge in [-0.05, 0) is 48.5 Å². The number of phenols is 1. The minimum Gasteiger partial charge on any atom is -0.508 e. The van der Waals surface area contributed by atoms with Gasteiger partial charge in [0.2, 0.25) is 0 Å². The number of likely N-dealkylation sites (tertiary alicyclic amines) is 1. The molecule has 164 valence electrons. The fourth-order valence-electron chi connectivity index (χ4n) is 3.51. The van der Waals surface area contributed by atoms with Gasteiger partial charge in [-0.25, -0.2) is 14.3 Å². The van der Waals surface area contributed by atoms with Crippen LogP contribution < -0.4 is 10.9 Å². The van der Waals surface area contributed by atoms with Crippen LogP contribution in [0.3, 0.4) is 0 Å². The Labute approximate surface area is 180 Å². The maximum Gasteiger partial charge on any atom is 0.267 e. The van der Waals surface area contributed by atoms with Crippen LogP contribution in [0.2, 0.25) is 0 Å². The maximum absolute atomic E-state index is 13.3. The summed E-state index contributed by atoms with van der Waals surface area (Å²) in [4.78, 5) is 28.6. The molecule has 3 aromatic rings. The van der Waals surface area contributed by atoms with Crippen LogP contribution in [0.4, 0.5) is 14.5 Å². The number of amides is 1. The standard InChI is InChI=1S/C22H19F2N5O3/c23-22(24)7-8-29(12-22)21(32)13-1-3-15(4-2-13)26-11-19(28-25)17-10-14-9-16(30)5-6-18(14)27-20(17)31/h1-6,9-11,25-26,30H,7-8,12H2,(H,27,31)/b19-11-,28-25?. The van der Waals surface area contributed by atoms with Crippen molar-refractivity contribution < 1.29 is 18.7 Å². The third-order valence-electron chi connectivity index (χ3n) is 5.19. The molecule has 0 radical (unpaired) electrons. The number of carbonyl (C=O) groups excluding carboxylic acids is 1. The number of aromatic amines is 1. The number of benzene rings is 2. The normalized spacial score (nSPS) is 15.7. The van der Waals surface area contributed by atoms with E-state index in [9.17, 15) is 23.5 Å². The molecule has 1 amide bonds. The van der Waals surface area contributed by atoms with Crippen LogP contribution in [0.25, 0.3) is 16.6 Å². The van der Waals surface area contributed by atoms with Crippen molar-refractivity contribution in [3.63, 3.8) is 0 Å². The molecule has 0 atom stereocenters. The molecule has 4 N–H and O–H groups in total. The Morgan fingerprint density at radius 3 is 2.62 bits per heavy atom. The number of hydrogen-bond acceptors (Lipinski definition) is 6. The number of carbonyl (C=O) groups is 1. The molecule has 1 aliphatic heterocycles. The zero-order valence-electron chi connectivity index (χ0n) is 16.7. The number of aromatic hydroxyl groups is 1. The number of nitrogens with zero attached hydrogens (tertiary/aromatic N) is 2. The van der Waals surface area contributed by atoms with Gasteiger partial charge < -0.3 is 20.3 Å². The molecule has 1 aliphatic rings. The van der Waals surface area contributed by atoms with Crippen molar-refractivity contribution in [3.05, 3.63) is 76.2 Å². The van der Waals surface area contributed by atoms with Crippen LogP contribution in [0.5, 0.6) is 5.75 Å². The van der Waals surface area contributed by atoms with Gasteiger partial charge in [0.05, 0.1) is 12.1 Å². The number of halogens is 2. The Balaban J connectivity index is 1.52. The Morgan fingerprint density at radius 1 is 1.22 bits per heavy atom. The van der Waals surface area contributed by atoms with Gasteiger partial charge in [0.1, 0.15) is 11.4 Å². The van der Waals surface area contributed by atoms with Crippen LogP contribution in [-0.2, 0) is 0 Å². The second kappa shape index (κ2) is 8.22. The lowest BCUT2D eigenvalue weighted by Gasteiger charge is -2.16. The summed E-state index contributed by atoms with van der Waals surface area (Å²) in [7, 11) is 0. The highest BCUT2D eigenvalue weighted by molar-refractivity contribution is 5.94. The van der Waals surface area contributed by atoms with Gasteiger partial charge in [-0.15, -0.1) is 0 Å². The molecule has 4 rings (SSSR count). The van der Waals surface area contributed by atoms with Crippen LogP contribution in [0, 0.1) is 5.53 Å². The molecule has 8 nitrogen and oxygen atoms in total. The van der Waals surface area contributed by atoms with Crippen molar-refractivity contribution in [3.8, 4) is 5.75 Å². The summed E-state index contributed by atoms with van der Waals surface area (Å²) in [5, 5.41) is 16.5. The van der Waals surface area contributed by atoms with E-state index in [0.29, 0.717) is 16.6 Å². The molecule has 0 bridgehead atoms. The van der Waals surface area contributed by atoms with Gasteiger partial charge >= 0.3 is 0 Å². The van der Waals surface area contributed by atoms with Crippen molar-refractivity contribution in [1.29, 1.82) is 5.53 Å². The number of phenolic OH excluding ortho intramolecular Hbond substituents is 1. The minimum absolute atomic E-state index is 0.0149. The topological polar surface area (TPSA) is 122 Å². The summed E-state index contributed by atoms with van der Waals surface area (Å²) in [6.07, 6.45) is 1.03. The zero-order chi connectivity index (χ0) is 22.9. The number of anilines is 1. The summed E-state index contributed by atoms with van der Waals surface area (Å²) in [5.41, 5.74) is 8.53. The van der Waals surface area contributed by atoms with E-state index in [2.05, 4.69) is 15.4 Å². The molecule has 10 heteroatoms. The average molecular weight is 439 g/mol. The number of H-pyrrole nitrogens is 1. The van der Waals surface area contributed by atoms with Gasteiger partial charge in [-0.3, -0.25) is 9.59 Å². The first-order chi connectivity index (χ1) is 15.3. The highest BCUT2D eigenvalue weighted by Crippen LogP contribution is 2.28. The van der Waals surface area contributed by atoms with Crippen molar-refractivity contribution in [2.75, 3.05) is 18.4 Å². The summed E-state index contributed by atoms with van der Waals surface area (Å²) in [6, 6.07) is 12.2. The number of rotatable bonds is 5. The van der Waals surface area contributed by atoms with Crippen molar-refractivity contribution in [1.82, 2.24) is 9.88 Å². The first kappa shape index (κ1) is 21.2. The van der Waals surface area contributed by atoms with E-state index in [-0.39, 0.29) is 35.5 Å². The second-order valence-electron chi connectivity index (χ2n) is 7.48. The van der Waals surface area contributed by atoms with Gasteiger partial charge in [0.15, 0.2) is 0 Å². The predicted octanol–water partition coefficient (Wildman–Crippen LogP) is 4.16. The first-order valence-electron chi connectivity index (χ1n) is 9.73. The fraction of sp³-hybridized carbons (Fsp3) is 0.182. The minimum atomic E-state index is -2.85. The monoisotopic (exact) mass is 439 g/mol. The predicted molar refractivity (Wildman–Crippen MR) is 115 cm³/mol. The van der Waals surface area contributed by atoms with Gasteiger partial charge in [-0.1, -0.05) is 0 Å². The lowest BCUT2D eigenvalue weighted by molar-refractivity contribution is 0.0120. The molecule has 1 fully saturated rings. The second-order valence-corrected chi connectivity index (χ2v) is 7.48. The SMILES string of the molecule is N=N/C(=C\Nc1ccc(C(=O)N2CCC(F)(F)C2)cc1)c1cc2cc(O)ccc2[nH]c1=O. The molecule has 0 unspecified atom stereocenters. The molecule has 1 aromatic heterocycles. The molecule has 2 heterocycles. The quantitative estimate of drug-likeness (QED) is 0.446. The van der Waals surface area contributed by atoms with E-state index in [1.807, 2.05) is 0 Å². The van der Waals surface area contributed by atoms with Crippen molar-refractivity contribution >= 4 is 28.2 Å². The Hall–Kier alpha value is -4.08. The number of alkyl halides is 2. The smallest absolute Gasteiger partial charge is 0.267 e. The lowest BCUT2D eigenvalue weighted by atomic mass is 10.1. The molecule has 0 spiro atoms. The zero-order valence-corrected chi connectivity index (χ0v) is 16.7. The van der Waals surface area contributed by atoms with E-state index < -0.39 is 23.9 Å². The van der Waals surface area contributed by atoms with Crippen molar-refractivity contribution in [2.45, 2.75) is 12.3 Å². The number of hydrogen-bond donors (Lipinski definition) is 4. The van der Waals surface area contributed by atoms with Crippen LogP contribution in [0.15, 0.2) is 64.6 Å². The average Bonchev–Trinajstić information content (AvgIpc) is 3.14. The van der Waals surface area contributed by atoms with E-state index >= 15 is 0 Å². The fourth-order valence-corrected chi connectivity index (χ4v) is 3.51. The van der Waals surface area contributed by atoms with E-state index in [0.717, 1.165) is 4.90 Å². The third-order valence-corrected chi connectivity index (χ3v) is 5.19. The molecule has 1 saturated heterocycles. The molecule has 0 aliphatic carbocycles. The highest BCUT2D eigenvalue weighted by Gasteiger charge is 2.40. The summed E-state index contributed by atoms with van der Waals surface area (Å²) in [5.74, 6) is -3.27. The third kappa shape index (κ3) is 4.34. The number of fused-ring (bicyclic) bond motifs is 1. The van der Waals surface area contributed by atoms with E-state index in [1.54, 1.807) is 18.2 Å². The number of pyridine rings is 1. The van der Waals surface area contributed by atoms with Gasteiger partial charge in [-0.2, -0.15) is 5.11 Å². The molecular formula is C22H19F2N5O3. The van der Waals surface area contributed by atoms with Crippen LogP contribution in [0.1, 0.15) is 22.3 Å². The first-order valence-corrected chi connectivity index (χ1v) is 9.73. The summed E-state index contributed by atoms with van der Waals surface area (Å²) in [6.45, 7) is -0.567. The largest absolute Gasteiger partial charge is 0.508 e. The van der Waals surface area contributed by atoms with Gasteiger partial charge in [0, 0.05) is 41.3 Å². The molecule has 32 heavy (non-hydrogen) atoms. The van der Waals surface area contributed by atoms with E-state index in [1.165, 1.54) is 36.5 Å². The Morgan fingerprint density at radius 2 is 1.97 bits per heavy atom. The van der Waals surface area contributed by atoms with E-state index in [4.69, 9.17) is 5.53 Å². The van der Waals surface area contributed by atoms with Crippen LogP contribution >= 0.6 is 0 Å². The molecular weight excluding hydrogens is 420 g/mol. The Bertz CT molecular complexity index is 1280. The highest BCUT2D eigenvalue weighted by atomic mass is 19.3. The maximum atomic E-state index is 13.3. The van der Waals surface area contributed by atoms with Crippen LogP contribution in [-0.4, -0.2) is 39.9 Å². The Kier molecular flexibility index (Phi) is 5.43. The molecule has 2 aromatic carbocycles. The number of nitrogens with one attached hydrogen (secondary N) is 3. The summed E-state index contributed by atoms with van der Waals surface area (Å²) < 4.78 is 26.7. The number of aromatic nitrogens is 1. The summed E-state index contributed by atoms with van der Waals surface area (Å²) >= 11 is 0. The lowest BCUT2D eigenvalue weighted by Crippen LogP contribution is -2.31. The molecule has 0 saturated carbocycles. The van der Waals surface area contributed by atoms with Crippen molar-refractivity contribution in [2.24, 2.45) is 5.11 Å².